The van der Waals surface area contributed by atoms with E-state index in [1.54, 1.807) is 6.07 Å². The van der Waals surface area contributed by atoms with Crippen LogP contribution >= 0.6 is 0 Å². The van der Waals surface area contributed by atoms with Gasteiger partial charge in [-0.3, -0.25) is 9.55 Å². The average molecular weight is 780 g/mol. The molecule has 7 aromatic carbocycles. The molecule has 0 aliphatic heterocycles. The van der Waals surface area contributed by atoms with E-state index in [0.29, 0.717) is 11.4 Å². The number of nitrogens with zero attached hydrogens (tertiary/aromatic N) is 3. The van der Waals surface area contributed by atoms with Crippen LogP contribution in [0.3, 0.4) is 0 Å². The number of aromatic nitrogens is 3. The van der Waals surface area contributed by atoms with Crippen LogP contribution in [0.25, 0.3) is 83.9 Å². The zero-order chi connectivity index (χ0) is 41.6. The first-order valence-electron chi connectivity index (χ1n) is 20.7. The standard InChI is InChI=1S/C56H49N3O/c1-55(2,3)44-26-24-39(25-27-44)46-29-28-45(56(4,5)6)36-51(46)59-50-22-15-21-47(53(50)58-54(59)48-20-13-14-23-52(48)60)42-32-41(38-18-11-8-12-19-38)33-43(34-42)49-35-40(30-31-57-49)37-16-9-7-10-17-37/h7-36,60H,1-6H3. The van der Waals surface area contributed by atoms with Gasteiger partial charge in [-0.1, -0.05) is 163 Å². The fourth-order valence-corrected chi connectivity index (χ4v) is 8.12. The van der Waals surface area contributed by atoms with Gasteiger partial charge in [0.2, 0.25) is 0 Å². The van der Waals surface area contributed by atoms with Gasteiger partial charge in [0.1, 0.15) is 11.6 Å². The molecule has 9 aromatic rings. The lowest BCUT2D eigenvalue weighted by atomic mass is 9.84. The number of phenols is 1. The molecule has 0 fully saturated rings. The number of hydrogen-bond acceptors (Lipinski definition) is 3. The van der Waals surface area contributed by atoms with Crippen molar-refractivity contribution in [1.29, 1.82) is 0 Å². The van der Waals surface area contributed by atoms with E-state index in [1.165, 1.54) is 11.1 Å². The fourth-order valence-electron chi connectivity index (χ4n) is 8.12. The summed E-state index contributed by atoms with van der Waals surface area (Å²) in [6, 6.07) is 61.6. The van der Waals surface area contributed by atoms with Crippen molar-refractivity contribution in [2.45, 2.75) is 52.4 Å². The van der Waals surface area contributed by atoms with E-state index >= 15 is 0 Å². The number of benzene rings is 7. The normalized spacial score (nSPS) is 11.9. The summed E-state index contributed by atoms with van der Waals surface area (Å²) in [4.78, 5) is 10.4. The second kappa shape index (κ2) is 15.3. The third-order valence-corrected chi connectivity index (χ3v) is 11.5. The molecule has 4 nitrogen and oxygen atoms in total. The summed E-state index contributed by atoms with van der Waals surface area (Å²) in [7, 11) is 0. The lowest BCUT2D eigenvalue weighted by molar-refractivity contribution is 0.477. The van der Waals surface area contributed by atoms with Crippen molar-refractivity contribution < 1.29 is 5.11 Å². The van der Waals surface area contributed by atoms with Crippen LogP contribution in [0.5, 0.6) is 5.75 Å². The Bertz CT molecular complexity index is 2980. The van der Waals surface area contributed by atoms with Crippen LogP contribution in [0.4, 0.5) is 0 Å². The minimum atomic E-state index is -0.111. The van der Waals surface area contributed by atoms with E-state index in [9.17, 15) is 5.11 Å². The van der Waals surface area contributed by atoms with Crippen molar-refractivity contribution in [2.75, 3.05) is 0 Å². The van der Waals surface area contributed by atoms with E-state index < -0.39 is 0 Å². The summed E-state index contributed by atoms with van der Waals surface area (Å²) in [5.74, 6) is 0.849. The summed E-state index contributed by atoms with van der Waals surface area (Å²) in [5, 5.41) is 11.5. The first kappa shape index (κ1) is 38.5. The molecule has 0 radical (unpaired) electrons. The van der Waals surface area contributed by atoms with Crippen molar-refractivity contribution in [3.05, 3.63) is 193 Å². The van der Waals surface area contributed by atoms with Gasteiger partial charge < -0.3 is 5.11 Å². The summed E-state index contributed by atoms with van der Waals surface area (Å²) in [6.07, 6.45) is 1.90. The predicted octanol–water partition coefficient (Wildman–Crippen LogP) is 14.7. The first-order valence-corrected chi connectivity index (χ1v) is 20.7. The van der Waals surface area contributed by atoms with Crippen LogP contribution in [0, 0.1) is 0 Å². The SMILES string of the molecule is CC(C)(C)c1ccc(-c2ccc(C(C)(C)C)cc2-n2c(-c3ccccc3O)nc3c(-c4cc(-c5ccccc5)cc(-c5cc(-c6ccccc6)ccn5)c4)cccc32)cc1. The maximum absolute atomic E-state index is 11.5. The highest BCUT2D eigenvalue weighted by Crippen LogP contribution is 2.43. The highest BCUT2D eigenvalue weighted by molar-refractivity contribution is 5.98. The van der Waals surface area contributed by atoms with Crippen LogP contribution < -0.4 is 0 Å². The molecule has 0 bridgehead atoms. The molecule has 0 aliphatic carbocycles. The number of pyridine rings is 1. The molecule has 0 saturated heterocycles. The largest absolute Gasteiger partial charge is 0.507 e. The molecule has 0 spiro atoms. The quantitative estimate of drug-likeness (QED) is 0.175. The van der Waals surface area contributed by atoms with Gasteiger partial charge in [0.25, 0.3) is 0 Å². The molecule has 2 heterocycles. The molecule has 0 aliphatic rings. The molecule has 9 rings (SSSR count). The number of rotatable bonds is 7. The van der Waals surface area contributed by atoms with Gasteiger partial charge in [-0.05, 0) is 110 Å². The van der Waals surface area contributed by atoms with Gasteiger partial charge in [-0.25, -0.2) is 4.98 Å². The van der Waals surface area contributed by atoms with Crippen molar-refractivity contribution in [1.82, 2.24) is 14.5 Å². The Labute approximate surface area is 353 Å². The van der Waals surface area contributed by atoms with Crippen LogP contribution in [0.1, 0.15) is 52.7 Å². The minimum absolute atomic E-state index is 0.0326. The first-order chi connectivity index (χ1) is 28.9. The molecule has 0 atom stereocenters. The number of para-hydroxylation sites is 2. The van der Waals surface area contributed by atoms with Crippen LogP contribution in [-0.2, 0) is 10.8 Å². The average Bonchev–Trinajstić information content (AvgIpc) is 3.66. The van der Waals surface area contributed by atoms with Gasteiger partial charge in [-0.2, -0.15) is 0 Å². The van der Waals surface area contributed by atoms with E-state index in [-0.39, 0.29) is 16.6 Å². The maximum Gasteiger partial charge on any atom is 0.149 e. The lowest BCUT2D eigenvalue weighted by Crippen LogP contribution is -2.13. The Morgan fingerprint density at radius 3 is 1.72 bits per heavy atom. The summed E-state index contributed by atoms with van der Waals surface area (Å²) in [6.45, 7) is 13.5. The Hall–Kier alpha value is -7.04. The monoisotopic (exact) mass is 779 g/mol. The van der Waals surface area contributed by atoms with Gasteiger partial charge >= 0.3 is 0 Å². The molecular formula is C56H49N3O. The van der Waals surface area contributed by atoms with Crippen LogP contribution in [-0.4, -0.2) is 19.6 Å². The molecule has 0 saturated carbocycles. The highest BCUT2D eigenvalue weighted by Gasteiger charge is 2.25. The number of phenolic OH excluding ortho intramolecular Hbond substituents is 1. The zero-order valence-corrected chi connectivity index (χ0v) is 35.1. The van der Waals surface area contributed by atoms with E-state index in [1.807, 2.05) is 30.5 Å². The van der Waals surface area contributed by atoms with E-state index in [4.69, 9.17) is 9.97 Å². The maximum atomic E-state index is 11.5. The van der Waals surface area contributed by atoms with Gasteiger partial charge in [-0.15, -0.1) is 0 Å². The molecule has 60 heavy (non-hydrogen) atoms. The summed E-state index contributed by atoms with van der Waals surface area (Å²) >= 11 is 0. The molecular weight excluding hydrogens is 731 g/mol. The highest BCUT2D eigenvalue weighted by atomic mass is 16.3. The van der Waals surface area contributed by atoms with Crippen LogP contribution in [0.2, 0.25) is 0 Å². The lowest BCUT2D eigenvalue weighted by Gasteiger charge is -2.24. The van der Waals surface area contributed by atoms with Crippen molar-refractivity contribution in [3.63, 3.8) is 0 Å². The Kier molecular flexibility index (Phi) is 9.80. The third kappa shape index (κ3) is 7.42. The van der Waals surface area contributed by atoms with Crippen LogP contribution in [0.15, 0.2) is 182 Å². The third-order valence-electron chi connectivity index (χ3n) is 11.5. The van der Waals surface area contributed by atoms with E-state index in [2.05, 4.69) is 192 Å². The van der Waals surface area contributed by atoms with Crippen molar-refractivity contribution in [3.8, 4) is 78.6 Å². The Morgan fingerprint density at radius 1 is 0.433 bits per heavy atom. The number of aromatic hydroxyl groups is 1. The van der Waals surface area contributed by atoms with Crippen molar-refractivity contribution in [2.24, 2.45) is 0 Å². The molecule has 0 amide bonds. The summed E-state index contributed by atoms with van der Waals surface area (Å²) in [5.41, 5.74) is 16.5. The predicted molar refractivity (Wildman–Crippen MR) is 251 cm³/mol. The molecule has 1 N–H and O–H groups in total. The smallest absolute Gasteiger partial charge is 0.149 e. The number of hydrogen-bond donors (Lipinski definition) is 1. The number of imidazole rings is 1. The van der Waals surface area contributed by atoms with Gasteiger partial charge in [0, 0.05) is 22.9 Å². The molecule has 2 aromatic heterocycles. The van der Waals surface area contributed by atoms with Crippen molar-refractivity contribution >= 4 is 11.0 Å². The Balaban J connectivity index is 1.31. The molecule has 4 heteroatoms. The van der Waals surface area contributed by atoms with E-state index in [0.717, 1.165) is 72.5 Å². The van der Waals surface area contributed by atoms with Gasteiger partial charge in [0.05, 0.1) is 28.0 Å². The minimum Gasteiger partial charge on any atom is -0.507 e. The Morgan fingerprint density at radius 2 is 1.03 bits per heavy atom. The fraction of sp³-hybridized carbons (Fsp3) is 0.143. The number of fused-ring (bicyclic) bond motifs is 1. The molecule has 294 valence electrons. The topological polar surface area (TPSA) is 50.9 Å². The molecule has 0 unspecified atom stereocenters. The zero-order valence-electron chi connectivity index (χ0n) is 35.1. The second-order valence-electron chi connectivity index (χ2n) is 17.7. The second-order valence-corrected chi connectivity index (χ2v) is 17.7. The van der Waals surface area contributed by atoms with Gasteiger partial charge in [0.15, 0.2) is 0 Å². The summed E-state index contributed by atoms with van der Waals surface area (Å²) < 4.78 is 2.25.